The lowest BCUT2D eigenvalue weighted by atomic mass is 9.91. The van der Waals surface area contributed by atoms with Crippen LogP contribution in [0.15, 0.2) is 59.5 Å². The van der Waals surface area contributed by atoms with Crippen molar-refractivity contribution < 1.29 is 26.3 Å². The molecule has 0 N–H and O–H groups in total. The number of hydrogen-bond donors (Lipinski definition) is 0. The van der Waals surface area contributed by atoms with Crippen LogP contribution in [0.1, 0.15) is 18.4 Å². The highest BCUT2D eigenvalue weighted by atomic mass is 32.2. The maximum atomic E-state index is 12.8. The largest absolute Gasteiger partial charge is 0.573 e. The predicted octanol–water partition coefficient (Wildman–Crippen LogP) is 4.23. The van der Waals surface area contributed by atoms with Crippen LogP contribution in [0.2, 0.25) is 0 Å². The van der Waals surface area contributed by atoms with Gasteiger partial charge < -0.3 is 4.74 Å². The second-order valence-electron chi connectivity index (χ2n) is 6.53. The minimum Gasteiger partial charge on any atom is -0.404 e. The molecule has 1 aliphatic rings. The highest BCUT2D eigenvalue weighted by Crippen LogP contribution is 2.33. The molecule has 0 radical (unpaired) electrons. The lowest BCUT2D eigenvalue weighted by Gasteiger charge is -2.31. The van der Waals surface area contributed by atoms with Crippen LogP contribution in [0.25, 0.3) is 0 Å². The summed E-state index contributed by atoms with van der Waals surface area (Å²) in [6.45, 7) is 0.556. The van der Waals surface area contributed by atoms with Gasteiger partial charge in [-0.2, -0.15) is 4.31 Å². The average molecular weight is 399 g/mol. The van der Waals surface area contributed by atoms with Gasteiger partial charge in [-0.15, -0.1) is 13.2 Å². The summed E-state index contributed by atoms with van der Waals surface area (Å²) in [5.41, 5.74) is 1.20. The normalized spacial score (nSPS) is 17.0. The van der Waals surface area contributed by atoms with E-state index in [9.17, 15) is 21.6 Å². The zero-order chi connectivity index (χ0) is 19.5. The fourth-order valence-corrected chi connectivity index (χ4v) is 4.90. The molecule has 0 unspecified atom stereocenters. The maximum Gasteiger partial charge on any atom is 0.573 e. The number of benzene rings is 2. The second kappa shape index (κ2) is 7.90. The molecule has 2 aromatic carbocycles. The molecule has 0 spiro atoms. The van der Waals surface area contributed by atoms with Crippen LogP contribution in [-0.4, -0.2) is 32.2 Å². The van der Waals surface area contributed by atoms with Crippen LogP contribution in [0.4, 0.5) is 13.2 Å². The van der Waals surface area contributed by atoms with Gasteiger partial charge in [0.15, 0.2) is 0 Å². The number of nitrogens with zero attached hydrogens (tertiary/aromatic N) is 1. The van der Waals surface area contributed by atoms with Crippen molar-refractivity contribution in [1.82, 2.24) is 4.31 Å². The van der Waals surface area contributed by atoms with E-state index in [4.69, 9.17) is 0 Å². The summed E-state index contributed by atoms with van der Waals surface area (Å²) in [7, 11) is -4.05. The molecule has 1 fully saturated rings. The van der Waals surface area contributed by atoms with E-state index in [0.717, 1.165) is 18.6 Å². The van der Waals surface area contributed by atoms with Gasteiger partial charge in [-0.3, -0.25) is 0 Å². The molecule has 1 aliphatic heterocycles. The quantitative estimate of drug-likeness (QED) is 0.756. The smallest absolute Gasteiger partial charge is 0.404 e. The second-order valence-corrected chi connectivity index (χ2v) is 8.44. The standard InChI is InChI=1S/C19H20F3NO3S/c20-19(21,22)26-17-8-4-5-9-18(17)27(24,25)23-12-10-16(11-13-23)14-15-6-2-1-3-7-15/h1-9,16H,10-14H2. The minimum atomic E-state index is -4.95. The third-order valence-electron chi connectivity index (χ3n) is 4.63. The van der Waals surface area contributed by atoms with Crippen molar-refractivity contribution in [1.29, 1.82) is 0 Å². The Hall–Kier alpha value is -2.06. The van der Waals surface area contributed by atoms with Crippen LogP contribution in [0.5, 0.6) is 5.75 Å². The van der Waals surface area contributed by atoms with Gasteiger partial charge in [-0.1, -0.05) is 42.5 Å². The Labute approximate surface area is 156 Å². The van der Waals surface area contributed by atoms with Crippen LogP contribution in [0.3, 0.4) is 0 Å². The van der Waals surface area contributed by atoms with Gasteiger partial charge in [0, 0.05) is 13.1 Å². The monoisotopic (exact) mass is 399 g/mol. The Kier molecular flexibility index (Phi) is 5.76. The molecule has 0 bridgehead atoms. The zero-order valence-corrected chi connectivity index (χ0v) is 15.3. The van der Waals surface area contributed by atoms with E-state index in [0.29, 0.717) is 18.8 Å². The van der Waals surface area contributed by atoms with Crippen LogP contribution in [-0.2, 0) is 16.4 Å². The SMILES string of the molecule is O=S(=O)(c1ccccc1OC(F)(F)F)N1CCC(Cc2ccccc2)CC1. The van der Waals surface area contributed by atoms with Gasteiger partial charge in [-0.05, 0) is 42.9 Å². The molecule has 0 atom stereocenters. The number of rotatable bonds is 5. The summed E-state index contributed by atoms with van der Waals surface area (Å²) in [4.78, 5) is -0.455. The van der Waals surface area contributed by atoms with Crippen molar-refractivity contribution in [3.05, 3.63) is 60.2 Å². The van der Waals surface area contributed by atoms with E-state index < -0.39 is 27.0 Å². The van der Waals surface area contributed by atoms with Gasteiger partial charge in [0.25, 0.3) is 0 Å². The molecule has 4 nitrogen and oxygen atoms in total. The zero-order valence-electron chi connectivity index (χ0n) is 14.5. The van der Waals surface area contributed by atoms with Crippen molar-refractivity contribution in [2.24, 2.45) is 5.92 Å². The molecule has 0 aromatic heterocycles. The van der Waals surface area contributed by atoms with Crippen molar-refractivity contribution in [3.63, 3.8) is 0 Å². The van der Waals surface area contributed by atoms with Crippen LogP contribution in [0, 0.1) is 5.92 Å². The molecule has 0 amide bonds. The maximum absolute atomic E-state index is 12.8. The number of hydrogen-bond acceptors (Lipinski definition) is 3. The number of sulfonamides is 1. The predicted molar refractivity (Wildman–Crippen MR) is 94.8 cm³/mol. The topological polar surface area (TPSA) is 46.6 Å². The molecule has 0 saturated carbocycles. The number of ether oxygens (including phenoxy) is 1. The van der Waals surface area contributed by atoms with E-state index in [1.54, 1.807) is 0 Å². The molecule has 3 rings (SSSR count). The Balaban J connectivity index is 1.70. The highest BCUT2D eigenvalue weighted by molar-refractivity contribution is 7.89. The number of para-hydroxylation sites is 1. The van der Waals surface area contributed by atoms with Crippen LogP contribution < -0.4 is 4.74 Å². The Morgan fingerprint density at radius 2 is 1.56 bits per heavy atom. The van der Waals surface area contributed by atoms with Gasteiger partial charge >= 0.3 is 6.36 Å². The van der Waals surface area contributed by atoms with Crippen molar-refractivity contribution in [3.8, 4) is 5.75 Å². The summed E-state index contributed by atoms with van der Waals surface area (Å²) in [5, 5.41) is 0. The molecule has 0 aliphatic carbocycles. The summed E-state index contributed by atoms with van der Waals surface area (Å²) < 4.78 is 68.6. The van der Waals surface area contributed by atoms with Crippen LogP contribution >= 0.6 is 0 Å². The average Bonchev–Trinajstić information content (AvgIpc) is 2.62. The summed E-state index contributed by atoms with van der Waals surface area (Å²) >= 11 is 0. The fourth-order valence-electron chi connectivity index (χ4n) is 3.31. The molecular formula is C19H20F3NO3S. The first-order valence-electron chi connectivity index (χ1n) is 8.64. The first kappa shape index (κ1) is 19.7. The minimum absolute atomic E-state index is 0.278. The van der Waals surface area contributed by atoms with E-state index in [-0.39, 0.29) is 13.1 Å². The van der Waals surface area contributed by atoms with Gasteiger partial charge in [-0.25, -0.2) is 8.42 Å². The Morgan fingerprint density at radius 1 is 0.963 bits per heavy atom. The molecule has 2 aromatic rings. The molecule has 1 saturated heterocycles. The number of piperidine rings is 1. The molecule has 8 heteroatoms. The lowest BCUT2D eigenvalue weighted by molar-refractivity contribution is -0.275. The molecule has 27 heavy (non-hydrogen) atoms. The number of alkyl halides is 3. The third-order valence-corrected chi connectivity index (χ3v) is 6.57. The summed E-state index contributed by atoms with van der Waals surface area (Å²) in [6, 6.07) is 14.8. The van der Waals surface area contributed by atoms with E-state index in [1.165, 1.54) is 22.0 Å². The third kappa shape index (κ3) is 5.01. The summed E-state index contributed by atoms with van der Waals surface area (Å²) in [6.07, 6.45) is -2.76. The molecule has 1 heterocycles. The summed E-state index contributed by atoms with van der Waals surface area (Å²) in [5.74, 6) is -0.350. The lowest BCUT2D eigenvalue weighted by Crippen LogP contribution is -2.39. The van der Waals surface area contributed by atoms with Crippen molar-refractivity contribution >= 4 is 10.0 Å². The van der Waals surface area contributed by atoms with E-state index >= 15 is 0 Å². The van der Waals surface area contributed by atoms with Crippen molar-refractivity contribution in [2.45, 2.75) is 30.5 Å². The van der Waals surface area contributed by atoms with E-state index in [1.807, 2.05) is 30.3 Å². The van der Waals surface area contributed by atoms with E-state index in [2.05, 4.69) is 4.74 Å². The molecule has 146 valence electrons. The van der Waals surface area contributed by atoms with Gasteiger partial charge in [0.1, 0.15) is 10.6 Å². The Bertz CT molecular complexity index is 861. The van der Waals surface area contributed by atoms with Crippen molar-refractivity contribution in [2.75, 3.05) is 13.1 Å². The fraction of sp³-hybridized carbons (Fsp3) is 0.368. The van der Waals surface area contributed by atoms with Gasteiger partial charge in [0.2, 0.25) is 10.0 Å². The first-order chi connectivity index (χ1) is 12.8. The molecular weight excluding hydrogens is 379 g/mol. The number of halogens is 3. The first-order valence-corrected chi connectivity index (χ1v) is 10.1. The Morgan fingerprint density at radius 3 is 2.19 bits per heavy atom. The highest BCUT2D eigenvalue weighted by Gasteiger charge is 2.36. The van der Waals surface area contributed by atoms with Gasteiger partial charge in [0.05, 0.1) is 0 Å².